The second kappa shape index (κ2) is 5.79. The standard InChI is InChI=1S/C15H15N3OS/c1-9-5-3-7-12(13(9)14(16)20)18-15(19)11-6-4-8-17-10(11)2/h3-8H,1-2H3,(H2,16,20)(H,18,19). The Kier molecular flexibility index (Phi) is 4.10. The summed E-state index contributed by atoms with van der Waals surface area (Å²) in [5, 5.41) is 2.84. The predicted molar refractivity (Wildman–Crippen MR) is 84.0 cm³/mol. The van der Waals surface area contributed by atoms with Gasteiger partial charge in [-0.05, 0) is 37.6 Å². The first kappa shape index (κ1) is 14.1. The highest BCUT2D eigenvalue weighted by Crippen LogP contribution is 2.20. The maximum absolute atomic E-state index is 12.3. The Bertz CT molecular complexity index is 683. The Morgan fingerprint density at radius 3 is 2.65 bits per heavy atom. The summed E-state index contributed by atoms with van der Waals surface area (Å²) < 4.78 is 0. The van der Waals surface area contributed by atoms with Gasteiger partial charge in [0.15, 0.2) is 0 Å². The highest BCUT2D eigenvalue weighted by Gasteiger charge is 2.14. The van der Waals surface area contributed by atoms with Crippen LogP contribution in [0.2, 0.25) is 0 Å². The van der Waals surface area contributed by atoms with Crippen molar-refractivity contribution in [2.45, 2.75) is 13.8 Å². The molecule has 0 spiro atoms. The number of carbonyl (C=O) groups is 1. The number of aryl methyl sites for hydroxylation is 2. The second-order valence-electron chi connectivity index (χ2n) is 4.45. The van der Waals surface area contributed by atoms with E-state index < -0.39 is 0 Å². The molecule has 20 heavy (non-hydrogen) atoms. The fourth-order valence-corrected chi connectivity index (χ4v) is 2.28. The third kappa shape index (κ3) is 2.83. The quantitative estimate of drug-likeness (QED) is 0.851. The molecule has 2 rings (SSSR count). The number of benzene rings is 1. The molecule has 0 saturated carbocycles. The summed E-state index contributed by atoms with van der Waals surface area (Å²) in [5.41, 5.74) is 9.17. The van der Waals surface area contributed by atoms with Crippen LogP contribution in [0.1, 0.15) is 27.2 Å². The Labute approximate surface area is 123 Å². The minimum atomic E-state index is -0.223. The number of nitrogens with one attached hydrogen (secondary N) is 1. The summed E-state index contributed by atoms with van der Waals surface area (Å²) in [6, 6.07) is 8.99. The molecule has 0 aliphatic rings. The number of pyridine rings is 1. The van der Waals surface area contributed by atoms with Crippen LogP contribution in [0.3, 0.4) is 0 Å². The molecule has 0 radical (unpaired) electrons. The summed E-state index contributed by atoms with van der Waals surface area (Å²) in [4.78, 5) is 16.7. The van der Waals surface area contributed by atoms with Crippen molar-refractivity contribution in [1.82, 2.24) is 4.98 Å². The molecular weight excluding hydrogens is 270 g/mol. The molecule has 0 bridgehead atoms. The second-order valence-corrected chi connectivity index (χ2v) is 4.89. The first-order valence-corrected chi connectivity index (χ1v) is 6.54. The Morgan fingerprint density at radius 2 is 2.00 bits per heavy atom. The van der Waals surface area contributed by atoms with Crippen LogP contribution in [0.4, 0.5) is 5.69 Å². The first-order chi connectivity index (χ1) is 9.50. The molecule has 4 nitrogen and oxygen atoms in total. The number of nitrogens with zero attached hydrogens (tertiary/aromatic N) is 1. The molecule has 0 aliphatic carbocycles. The van der Waals surface area contributed by atoms with Crippen molar-refractivity contribution < 1.29 is 4.79 Å². The van der Waals surface area contributed by atoms with Crippen LogP contribution in [0, 0.1) is 13.8 Å². The van der Waals surface area contributed by atoms with Crippen LogP contribution in [0.15, 0.2) is 36.5 Å². The lowest BCUT2D eigenvalue weighted by molar-refractivity contribution is 0.102. The zero-order valence-electron chi connectivity index (χ0n) is 11.3. The van der Waals surface area contributed by atoms with Gasteiger partial charge in [-0.3, -0.25) is 9.78 Å². The summed E-state index contributed by atoms with van der Waals surface area (Å²) in [5.74, 6) is -0.223. The molecule has 2 aromatic rings. The highest BCUT2D eigenvalue weighted by molar-refractivity contribution is 7.80. The lowest BCUT2D eigenvalue weighted by Crippen LogP contribution is -2.19. The summed E-state index contributed by atoms with van der Waals surface area (Å²) in [6.45, 7) is 3.69. The number of nitrogens with two attached hydrogens (primary N) is 1. The molecule has 0 fully saturated rings. The van der Waals surface area contributed by atoms with Gasteiger partial charge in [-0.15, -0.1) is 0 Å². The van der Waals surface area contributed by atoms with E-state index in [9.17, 15) is 4.79 Å². The fraction of sp³-hybridized carbons (Fsp3) is 0.133. The van der Waals surface area contributed by atoms with Crippen LogP contribution in [0.5, 0.6) is 0 Å². The van der Waals surface area contributed by atoms with E-state index in [4.69, 9.17) is 18.0 Å². The average molecular weight is 285 g/mol. The molecule has 1 amide bonds. The van der Waals surface area contributed by atoms with Gasteiger partial charge in [-0.2, -0.15) is 0 Å². The van der Waals surface area contributed by atoms with E-state index in [0.717, 1.165) is 5.56 Å². The van der Waals surface area contributed by atoms with Gasteiger partial charge in [0.05, 0.1) is 11.3 Å². The van der Waals surface area contributed by atoms with Gasteiger partial charge in [-0.25, -0.2) is 0 Å². The van der Waals surface area contributed by atoms with Crippen molar-refractivity contribution in [2.75, 3.05) is 5.32 Å². The van der Waals surface area contributed by atoms with Crippen molar-refractivity contribution in [3.63, 3.8) is 0 Å². The van der Waals surface area contributed by atoms with Crippen LogP contribution in [-0.2, 0) is 0 Å². The summed E-state index contributed by atoms with van der Waals surface area (Å²) in [6.07, 6.45) is 1.65. The Morgan fingerprint density at radius 1 is 1.25 bits per heavy atom. The summed E-state index contributed by atoms with van der Waals surface area (Å²) >= 11 is 5.05. The van der Waals surface area contributed by atoms with Gasteiger partial charge in [0.1, 0.15) is 4.99 Å². The van der Waals surface area contributed by atoms with Crippen molar-refractivity contribution in [3.8, 4) is 0 Å². The maximum Gasteiger partial charge on any atom is 0.257 e. The number of rotatable bonds is 3. The molecule has 1 aromatic heterocycles. The van der Waals surface area contributed by atoms with Gasteiger partial charge in [0.2, 0.25) is 0 Å². The molecule has 1 aromatic carbocycles. The van der Waals surface area contributed by atoms with Gasteiger partial charge < -0.3 is 11.1 Å². The van der Waals surface area contributed by atoms with E-state index in [1.807, 2.05) is 19.1 Å². The van der Waals surface area contributed by atoms with Gasteiger partial charge >= 0.3 is 0 Å². The number of aromatic nitrogens is 1. The van der Waals surface area contributed by atoms with Crippen LogP contribution >= 0.6 is 12.2 Å². The van der Waals surface area contributed by atoms with E-state index >= 15 is 0 Å². The molecule has 3 N–H and O–H groups in total. The van der Waals surface area contributed by atoms with Crippen LogP contribution in [0.25, 0.3) is 0 Å². The van der Waals surface area contributed by atoms with Gasteiger partial charge in [0.25, 0.3) is 5.91 Å². The van der Waals surface area contributed by atoms with E-state index in [1.54, 1.807) is 31.3 Å². The molecule has 5 heteroatoms. The lowest BCUT2D eigenvalue weighted by Gasteiger charge is -2.13. The molecule has 0 aliphatic heterocycles. The zero-order chi connectivity index (χ0) is 14.7. The normalized spacial score (nSPS) is 10.1. The minimum absolute atomic E-state index is 0.223. The predicted octanol–water partition coefficient (Wildman–Crippen LogP) is 2.58. The molecule has 1 heterocycles. The molecule has 0 unspecified atom stereocenters. The number of amides is 1. The van der Waals surface area contributed by atoms with Crippen molar-refractivity contribution in [2.24, 2.45) is 5.73 Å². The minimum Gasteiger partial charge on any atom is -0.389 e. The Hall–Kier alpha value is -2.27. The zero-order valence-corrected chi connectivity index (χ0v) is 12.1. The SMILES string of the molecule is Cc1cccc(NC(=O)c2cccnc2C)c1C(N)=S. The van der Waals surface area contributed by atoms with E-state index in [2.05, 4.69) is 10.3 Å². The maximum atomic E-state index is 12.3. The monoisotopic (exact) mass is 285 g/mol. The average Bonchev–Trinajstić information content (AvgIpc) is 2.38. The molecule has 0 atom stereocenters. The number of hydrogen-bond donors (Lipinski definition) is 2. The van der Waals surface area contributed by atoms with E-state index in [1.165, 1.54) is 0 Å². The third-order valence-electron chi connectivity index (χ3n) is 3.02. The number of anilines is 1. The first-order valence-electron chi connectivity index (χ1n) is 6.13. The number of hydrogen-bond acceptors (Lipinski definition) is 3. The largest absolute Gasteiger partial charge is 0.389 e. The smallest absolute Gasteiger partial charge is 0.257 e. The topological polar surface area (TPSA) is 68.0 Å². The molecule has 102 valence electrons. The van der Waals surface area contributed by atoms with Crippen LogP contribution < -0.4 is 11.1 Å². The third-order valence-corrected chi connectivity index (χ3v) is 3.22. The van der Waals surface area contributed by atoms with Crippen molar-refractivity contribution in [1.29, 1.82) is 0 Å². The van der Waals surface area contributed by atoms with Crippen molar-refractivity contribution >= 4 is 28.8 Å². The van der Waals surface area contributed by atoms with Crippen molar-refractivity contribution in [3.05, 3.63) is 58.9 Å². The van der Waals surface area contributed by atoms with E-state index in [-0.39, 0.29) is 10.9 Å². The van der Waals surface area contributed by atoms with Crippen LogP contribution in [-0.4, -0.2) is 15.9 Å². The Balaban J connectivity index is 2.36. The molecule has 0 saturated heterocycles. The van der Waals surface area contributed by atoms with E-state index in [0.29, 0.717) is 22.5 Å². The van der Waals surface area contributed by atoms with Gasteiger partial charge in [0, 0.05) is 17.5 Å². The highest BCUT2D eigenvalue weighted by atomic mass is 32.1. The van der Waals surface area contributed by atoms with Gasteiger partial charge in [-0.1, -0.05) is 24.4 Å². The number of thiocarbonyl (C=S) groups is 1. The lowest BCUT2D eigenvalue weighted by atomic mass is 10.1. The number of carbonyl (C=O) groups excluding carboxylic acids is 1. The summed E-state index contributed by atoms with van der Waals surface area (Å²) in [7, 11) is 0. The fourth-order valence-electron chi connectivity index (χ4n) is 2.01. The molecular formula is C15H15N3OS.